The van der Waals surface area contributed by atoms with Gasteiger partial charge in [0.15, 0.2) is 0 Å². The summed E-state index contributed by atoms with van der Waals surface area (Å²) in [5, 5.41) is 1.51. The van der Waals surface area contributed by atoms with Gasteiger partial charge in [-0.3, -0.25) is 4.55 Å². The zero-order chi connectivity index (χ0) is 12.2. The second-order valence-corrected chi connectivity index (χ2v) is 6.57. The van der Waals surface area contributed by atoms with Crippen molar-refractivity contribution in [3.8, 4) is 0 Å². The smallest absolute Gasteiger partial charge is 0.282 e. The van der Waals surface area contributed by atoms with Crippen LogP contribution in [0.4, 0.5) is 0 Å². The fraction of sp³-hybridized carbons (Fsp3) is 0.0833. The molecule has 0 aliphatic carbocycles. The van der Waals surface area contributed by atoms with Crippen LogP contribution in [-0.2, 0) is 21.5 Å². The molecule has 0 fully saturated rings. The Morgan fingerprint density at radius 2 is 1.94 bits per heavy atom. The Morgan fingerprint density at radius 3 is 2.65 bits per heavy atom. The molecule has 0 atom stereocenters. The lowest BCUT2D eigenvalue weighted by atomic mass is 10.0. The minimum Gasteiger partial charge on any atom is -0.282 e. The molecule has 2 aromatic rings. The van der Waals surface area contributed by atoms with Crippen molar-refractivity contribution < 1.29 is 13.0 Å². The highest BCUT2D eigenvalue weighted by molar-refractivity contribution is 7.86. The van der Waals surface area contributed by atoms with E-state index in [1.54, 1.807) is 23.5 Å². The van der Waals surface area contributed by atoms with E-state index in [2.05, 4.69) is 0 Å². The van der Waals surface area contributed by atoms with Crippen molar-refractivity contribution in [1.29, 1.82) is 0 Å². The lowest BCUT2D eigenvalue weighted by Gasteiger charge is -2.02. The summed E-state index contributed by atoms with van der Waals surface area (Å²) in [6, 6.07) is 8.71. The van der Waals surface area contributed by atoms with Crippen LogP contribution in [0, 0.1) is 0 Å². The van der Waals surface area contributed by atoms with E-state index in [0.717, 1.165) is 20.7 Å². The van der Waals surface area contributed by atoms with Crippen LogP contribution in [0.5, 0.6) is 0 Å². The minimum atomic E-state index is -4.17. The zero-order valence-corrected chi connectivity index (χ0v) is 10.6. The highest BCUT2D eigenvalue weighted by atomic mass is 32.2. The number of hydrogen-bond donors (Lipinski definition) is 1. The van der Waals surface area contributed by atoms with Crippen molar-refractivity contribution >= 4 is 37.1 Å². The molecule has 3 nitrogen and oxygen atoms in total. The van der Waals surface area contributed by atoms with Gasteiger partial charge in [-0.05, 0) is 12.1 Å². The third-order valence-electron chi connectivity index (χ3n) is 2.88. The van der Waals surface area contributed by atoms with E-state index in [9.17, 15) is 13.0 Å². The van der Waals surface area contributed by atoms with Crippen molar-refractivity contribution in [1.82, 2.24) is 0 Å². The van der Waals surface area contributed by atoms with Gasteiger partial charge in [0.05, 0.1) is 5.39 Å². The van der Waals surface area contributed by atoms with Crippen LogP contribution in [0.1, 0.15) is 12.5 Å². The molecule has 1 N–H and O–H groups in total. The summed E-state index contributed by atoms with van der Waals surface area (Å²) in [4.78, 5) is 2.17. The van der Waals surface area contributed by atoms with Gasteiger partial charge in [0.25, 0.3) is 10.1 Å². The highest BCUT2D eigenvalue weighted by Gasteiger charge is 2.29. The summed E-state index contributed by atoms with van der Waals surface area (Å²) in [5.41, 5.74) is 1.05. The third-order valence-corrected chi connectivity index (χ3v) is 4.88. The molecule has 0 spiro atoms. The van der Waals surface area contributed by atoms with Gasteiger partial charge in [-0.1, -0.05) is 12.1 Å². The van der Waals surface area contributed by atoms with E-state index in [1.807, 2.05) is 19.1 Å². The van der Waals surface area contributed by atoms with Crippen LogP contribution in [-0.4, -0.2) is 17.8 Å². The van der Waals surface area contributed by atoms with Gasteiger partial charge >= 0.3 is 0 Å². The molecule has 0 aromatic heterocycles. The predicted molar refractivity (Wildman–Crippen MR) is 69.2 cm³/mol. The standard InChI is InChI=1S/C12H8O3S2/c1-7-8-3-2-4-9-11(17(13,14)15)6-5-10(16-7)12(8)9/h2-6H,1H3/p+1. The summed E-state index contributed by atoms with van der Waals surface area (Å²) < 4.78 is 31.8. The predicted octanol–water partition coefficient (Wildman–Crippen LogP) is 2.08. The van der Waals surface area contributed by atoms with Gasteiger partial charge in [-0.25, -0.2) is 0 Å². The molecule has 86 valence electrons. The van der Waals surface area contributed by atoms with Gasteiger partial charge in [-0.15, -0.1) is 0 Å². The highest BCUT2D eigenvalue weighted by Crippen LogP contribution is 2.33. The summed E-state index contributed by atoms with van der Waals surface area (Å²) in [5.74, 6) is 0. The summed E-state index contributed by atoms with van der Waals surface area (Å²) in [7, 11) is -4.17. The summed E-state index contributed by atoms with van der Waals surface area (Å²) in [6.07, 6.45) is 0. The second kappa shape index (κ2) is 3.35. The first-order valence-electron chi connectivity index (χ1n) is 5.03. The molecule has 0 radical (unpaired) electrons. The van der Waals surface area contributed by atoms with Crippen LogP contribution in [0.3, 0.4) is 0 Å². The van der Waals surface area contributed by atoms with E-state index < -0.39 is 10.1 Å². The molecule has 0 bridgehead atoms. The van der Waals surface area contributed by atoms with Gasteiger partial charge in [-0.2, -0.15) is 8.42 Å². The Balaban J connectivity index is 2.54. The maximum absolute atomic E-state index is 11.3. The van der Waals surface area contributed by atoms with Crippen LogP contribution < -0.4 is 0 Å². The first-order valence-corrected chi connectivity index (χ1v) is 7.29. The molecule has 5 heteroatoms. The van der Waals surface area contributed by atoms with Crippen LogP contribution in [0.15, 0.2) is 40.1 Å². The minimum absolute atomic E-state index is 0.0200. The lowest BCUT2D eigenvalue weighted by Crippen LogP contribution is -1.99. The first-order chi connectivity index (χ1) is 7.98. The maximum atomic E-state index is 11.3. The van der Waals surface area contributed by atoms with E-state index >= 15 is 0 Å². The molecule has 0 saturated heterocycles. The third kappa shape index (κ3) is 1.50. The largest absolute Gasteiger partial charge is 0.295 e. The van der Waals surface area contributed by atoms with Gasteiger partial charge in [0.2, 0.25) is 21.1 Å². The molecule has 0 unspecified atom stereocenters. The average molecular weight is 265 g/mol. The Bertz CT molecular complexity index is 774. The Morgan fingerprint density at radius 1 is 1.18 bits per heavy atom. The van der Waals surface area contributed by atoms with Crippen molar-refractivity contribution in [2.45, 2.75) is 16.7 Å². The maximum Gasteiger partial charge on any atom is 0.295 e. The summed E-state index contributed by atoms with van der Waals surface area (Å²) >= 11 is 1.63. The fourth-order valence-electron chi connectivity index (χ4n) is 2.17. The van der Waals surface area contributed by atoms with Crippen molar-refractivity contribution in [2.75, 3.05) is 0 Å². The van der Waals surface area contributed by atoms with Crippen LogP contribution in [0.2, 0.25) is 0 Å². The molecule has 2 aromatic carbocycles. The van der Waals surface area contributed by atoms with E-state index in [-0.39, 0.29) is 4.90 Å². The monoisotopic (exact) mass is 265 g/mol. The molecule has 1 heterocycles. The Labute approximate surface area is 103 Å². The summed E-state index contributed by atoms with van der Waals surface area (Å²) in [6.45, 7) is 2.01. The van der Waals surface area contributed by atoms with Crippen molar-refractivity contribution in [2.24, 2.45) is 0 Å². The van der Waals surface area contributed by atoms with Gasteiger partial charge in [0, 0.05) is 23.9 Å². The Hall–Kier alpha value is -1.30. The SMILES string of the molecule is CC1=[S+]c2ccc(S(=O)(=O)O)c3cccc1c23. The van der Waals surface area contributed by atoms with Gasteiger partial charge < -0.3 is 0 Å². The second-order valence-electron chi connectivity index (χ2n) is 3.92. The van der Waals surface area contributed by atoms with Crippen molar-refractivity contribution in [3.05, 3.63) is 35.9 Å². The number of hydrogen-bond acceptors (Lipinski definition) is 2. The molecule has 17 heavy (non-hydrogen) atoms. The number of benzene rings is 2. The van der Waals surface area contributed by atoms with Crippen LogP contribution >= 0.6 is 0 Å². The molecule has 0 amide bonds. The lowest BCUT2D eigenvalue weighted by molar-refractivity contribution is 0.484. The molecular formula is C12H9O3S2+. The molecule has 0 saturated carbocycles. The van der Waals surface area contributed by atoms with Crippen LogP contribution in [0.25, 0.3) is 10.8 Å². The quantitative estimate of drug-likeness (QED) is 0.488. The van der Waals surface area contributed by atoms with E-state index in [4.69, 9.17) is 0 Å². The molecule has 1 aliphatic rings. The normalized spacial score (nSPS) is 14.1. The molecular weight excluding hydrogens is 256 g/mol. The van der Waals surface area contributed by atoms with E-state index in [1.165, 1.54) is 6.07 Å². The fourth-order valence-corrected chi connectivity index (χ4v) is 3.93. The number of rotatable bonds is 1. The molecule has 3 rings (SSSR count). The zero-order valence-electron chi connectivity index (χ0n) is 8.97. The topological polar surface area (TPSA) is 54.4 Å². The van der Waals surface area contributed by atoms with Crippen molar-refractivity contribution in [3.63, 3.8) is 0 Å². The first kappa shape index (κ1) is 10.8. The average Bonchev–Trinajstić information content (AvgIpc) is 2.57. The molecule has 1 aliphatic heterocycles. The van der Waals surface area contributed by atoms with E-state index in [0.29, 0.717) is 5.39 Å². The Kier molecular flexibility index (Phi) is 2.13. The van der Waals surface area contributed by atoms with Gasteiger partial charge in [0.1, 0.15) is 4.90 Å².